The first-order chi connectivity index (χ1) is 11.5. The number of carbonyl (C=O) groups is 1. The summed E-state index contributed by atoms with van der Waals surface area (Å²) in [5.74, 6) is 0.141. The van der Waals surface area contributed by atoms with Crippen LogP contribution < -0.4 is 14.9 Å². The molecule has 1 aromatic rings. The van der Waals surface area contributed by atoms with Crippen molar-refractivity contribution in [2.75, 3.05) is 35.1 Å². The highest BCUT2D eigenvalue weighted by molar-refractivity contribution is 7.93. The Morgan fingerprint density at radius 2 is 2.04 bits per heavy atom. The maximum absolute atomic E-state index is 12.1. The van der Waals surface area contributed by atoms with Crippen molar-refractivity contribution in [2.24, 2.45) is 0 Å². The van der Waals surface area contributed by atoms with Gasteiger partial charge in [-0.25, -0.2) is 13.2 Å². The van der Waals surface area contributed by atoms with Crippen molar-refractivity contribution in [3.05, 3.63) is 23.2 Å². The Labute approximate surface area is 146 Å². The number of rotatable bonds is 3. The van der Waals surface area contributed by atoms with E-state index in [-0.39, 0.29) is 17.8 Å². The van der Waals surface area contributed by atoms with Crippen molar-refractivity contribution in [3.8, 4) is 0 Å². The summed E-state index contributed by atoms with van der Waals surface area (Å²) in [5.41, 5.74) is 0.902. The van der Waals surface area contributed by atoms with Crippen molar-refractivity contribution in [1.82, 2.24) is 5.32 Å². The Morgan fingerprint density at radius 1 is 1.29 bits per heavy atom. The average molecular weight is 374 g/mol. The molecular weight excluding hydrogens is 354 g/mol. The van der Waals surface area contributed by atoms with E-state index in [1.165, 1.54) is 4.31 Å². The van der Waals surface area contributed by atoms with E-state index in [2.05, 4.69) is 10.6 Å². The summed E-state index contributed by atoms with van der Waals surface area (Å²) in [6.45, 7) is 1.71. The molecule has 2 N–H and O–H groups in total. The molecule has 0 saturated carbocycles. The molecule has 0 spiro atoms. The Morgan fingerprint density at radius 3 is 2.71 bits per heavy atom. The van der Waals surface area contributed by atoms with E-state index in [0.29, 0.717) is 42.6 Å². The molecule has 2 aliphatic heterocycles. The number of benzene rings is 1. The number of carbonyl (C=O) groups excluding carboxylic acids is 1. The molecule has 2 fully saturated rings. The molecule has 7 nitrogen and oxygen atoms in total. The molecule has 2 amide bonds. The van der Waals surface area contributed by atoms with Crippen LogP contribution in [0.4, 0.5) is 16.2 Å². The maximum atomic E-state index is 12.1. The minimum absolute atomic E-state index is 0.0691. The van der Waals surface area contributed by atoms with Crippen LogP contribution in [0, 0.1) is 0 Å². The monoisotopic (exact) mass is 373 g/mol. The number of urea groups is 1. The molecule has 0 atom stereocenters. The highest BCUT2D eigenvalue weighted by Crippen LogP contribution is 2.31. The molecule has 0 aromatic heterocycles. The Hall–Kier alpha value is -1.51. The lowest BCUT2D eigenvalue weighted by Crippen LogP contribution is -2.41. The lowest BCUT2D eigenvalue weighted by atomic mass is 10.1. The predicted molar refractivity (Wildman–Crippen MR) is 93.2 cm³/mol. The molecule has 24 heavy (non-hydrogen) atoms. The summed E-state index contributed by atoms with van der Waals surface area (Å²) in [4.78, 5) is 12.1. The highest BCUT2D eigenvalue weighted by atomic mass is 35.5. The minimum Gasteiger partial charge on any atom is -0.381 e. The van der Waals surface area contributed by atoms with Crippen molar-refractivity contribution in [2.45, 2.75) is 25.3 Å². The number of hydrogen-bond acceptors (Lipinski definition) is 4. The molecule has 0 radical (unpaired) electrons. The van der Waals surface area contributed by atoms with Gasteiger partial charge in [-0.1, -0.05) is 11.6 Å². The van der Waals surface area contributed by atoms with Gasteiger partial charge in [0.25, 0.3) is 0 Å². The van der Waals surface area contributed by atoms with Gasteiger partial charge in [-0.15, -0.1) is 0 Å². The van der Waals surface area contributed by atoms with E-state index in [0.717, 1.165) is 12.8 Å². The molecule has 9 heteroatoms. The van der Waals surface area contributed by atoms with E-state index in [1.54, 1.807) is 18.2 Å². The fourth-order valence-electron chi connectivity index (χ4n) is 2.88. The number of sulfonamides is 1. The minimum atomic E-state index is -3.27. The summed E-state index contributed by atoms with van der Waals surface area (Å²) in [6.07, 6.45) is 2.14. The number of halogens is 1. The van der Waals surface area contributed by atoms with Crippen molar-refractivity contribution in [3.63, 3.8) is 0 Å². The number of ether oxygens (including phenoxy) is 1. The van der Waals surface area contributed by atoms with Crippen molar-refractivity contribution >= 4 is 39.0 Å². The van der Waals surface area contributed by atoms with Crippen LogP contribution in [0.2, 0.25) is 5.02 Å². The first-order valence-corrected chi connectivity index (χ1v) is 9.90. The molecule has 0 aliphatic carbocycles. The van der Waals surface area contributed by atoms with Gasteiger partial charge in [0.2, 0.25) is 10.0 Å². The molecule has 1 aromatic carbocycles. The predicted octanol–water partition coefficient (Wildman–Crippen LogP) is 2.18. The lowest BCUT2D eigenvalue weighted by Gasteiger charge is -2.23. The molecule has 2 heterocycles. The van der Waals surface area contributed by atoms with Gasteiger partial charge in [-0.3, -0.25) is 4.31 Å². The standard InChI is InChI=1S/C15H20ClN3O4S/c16-13-3-2-12(19-6-1-9-24(19,21)22)10-14(13)18-15(20)17-11-4-7-23-8-5-11/h2-3,10-11H,1,4-9H2,(H2,17,18,20). The zero-order chi connectivity index (χ0) is 17.2. The third kappa shape index (κ3) is 3.93. The summed E-state index contributed by atoms with van der Waals surface area (Å²) >= 11 is 6.13. The Kier molecular flexibility index (Phi) is 5.17. The highest BCUT2D eigenvalue weighted by Gasteiger charge is 2.29. The normalized spacial score (nSPS) is 20.8. The summed E-state index contributed by atoms with van der Waals surface area (Å²) < 4.78 is 30.7. The number of nitrogens with zero attached hydrogens (tertiary/aromatic N) is 1. The van der Waals surface area contributed by atoms with Gasteiger partial charge in [-0.05, 0) is 37.5 Å². The fraction of sp³-hybridized carbons (Fsp3) is 0.533. The Bertz CT molecular complexity index is 719. The van der Waals surface area contributed by atoms with E-state index in [9.17, 15) is 13.2 Å². The summed E-state index contributed by atoms with van der Waals surface area (Å²) in [7, 11) is -3.27. The summed E-state index contributed by atoms with van der Waals surface area (Å²) in [5, 5.41) is 5.94. The van der Waals surface area contributed by atoms with Crippen LogP contribution in [0.1, 0.15) is 19.3 Å². The first-order valence-electron chi connectivity index (χ1n) is 7.91. The molecule has 2 saturated heterocycles. The van der Waals surface area contributed by atoms with Crippen LogP contribution in [-0.2, 0) is 14.8 Å². The molecule has 2 aliphatic rings. The van der Waals surface area contributed by atoms with Gasteiger partial charge in [0.15, 0.2) is 0 Å². The van der Waals surface area contributed by atoms with E-state index >= 15 is 0 Å². The zero-order valence-electron chi connectivity index (χ0n) is 13.1. The number of amides is 2. The maximum Gasteiger partial charge on any atom is 0.319 e. The third-order valence-electron chi connectivity index (χ3n) is 4.14. The summed E-state index contributed by atoms with van der Waals surface area (Å²) in [6, 6.07) is 4.54. The number of anilines is 2. The average Bonchev–Trinajstić information content (AvgIpc) is 2.90. The van der Waals surface area contributed by atoms with Crippen molar-refractivity contribution < 1.29 is 17.9 Å². The van der Waals surface area contributed by atoms with E-state index < -0.39 is 10.0 Å². The largest absolute Gasteiger partial charge is 0.381 e. The third-order valence-corrected chi connectivity index (χ3v) is 6.34. The first kappa shape index (κ1) is 17.3. The number of nitrogens with one attached hydrogen (secondary N) is 2. The molecule has 0 bridgehead atoms. The topological polar surface area (TPSA) is 87.7 Å². The van der Waals surface area contributed by atoms with Gasteiger partial charge in [0, 0.05) is 25.8 Å². The molecule has 3 rings (SSSR count). The van der Waals surface area contributed by atoms with Crippen molar-refractivity contribution in [1.29, 1.82) is 0 Å². The van der Waals surface area contributed by atoms with Gasteiger partial charge in [0.05, 0.1) is 22.2 Å². The second-order valence-corrected chi connectivity index (χ2v) is 8.31. The van der Waals surface area contributed by atoms with Crippen LogP contribution in [0.25, 0.3) is 0 Å². The van der Waals surface area contributed by atoms with E-state index in [1.807, 2.05) is 0 Å². The SMILES string of the molecule is O=C(Nc1cc(N2CCCS2(=O)=O)ccc1Cl)NC1CCOCC1. The van der Waals surface area contributed by atoms with Gasteiger partial charge in [0.1, 0.15) is 0 Å². The van der Waals surface area contributed by atoms with Crippen LogP contribution in [0.3, 0.4) is 0 Å². The fourth-order valence-corrected chi connectivity index (χ4v) is 4.60. The van der Waals surface area contributed by atoms with Gasteiger partial charge >= 0.3 is 6.03 Å². The zero-order valence-corrected chi connectivity index (χ0v) is 14.7. The second kappa shape index (κ2) is 7.16. The molecular formula is C15H20ClN3O4S. The second-order valence-electron chi connectivity index (χ2n) is 5.89. The van der Waals surface area contributed by atoms with Gasteiger partial charge in [-0.2, -0.15) is 0 Å². The molecule has 132 valence electrons. The lowest BCUT2D eigenvalue weighted by molar-refractivity contribution is 0.0806. The van der Waals surface area contributed by atoms with Crippen LogP contribution in [-0.4, -0.2) is 46.0 Å². The molecule has 0 unspecified atom stereocenters. The van der Waals surface area contributed by atoms with Crippen LogP contribution in [0.15, 0.2) is 18.2 Å². The quantitative estimate of drug-likeness (QED) is 0.850. The van der Waals surface area contributed by atoms with Gasteiger partial charge < -0.3 is 15.4 Å². The van der Waals surface area contributed by atoms with E-state index in [4.69, 9.17) is 16.3 Å². The van der Waals surface area contributed by atoms with Crippen LogP contribution in [0.5, 0.6) is 0 Å². The Balaban J connectivity index is 1.71. The van der Waals surface area contributed by atoms with Crippen LogP contribution >= 0.6 is 11.6 Å². The smallest absolute Gasteiger partial charge is 0.319 e. The number of hydrogen-bond donors (Lipinski definition) is 2.